The Morgan fingerprint density at radius 2 is 1.62 bits per heavy atom. The highest BCUT2D eigenvalue weighted by Gasteiger charge is 2.31. The van der Waals surface area contributed by atoms with E-state index in [9.17, 15) is 13.6 Å². The highest BCUT2D eigenvalue weighted by molar-refractivity contribution is 9.10. The summed E-state index contributed by atoms with van der Waals surface area (Å²) in [6.45, 7) is 10.6. The minimum atomic E-state index is -0.503. The first-order valence-corrected chi connectivity index (χ1v) is 11.0. The SMILES string of the molecule is CC(C)(C)OC(=O)N1CCN(C2CCN(Cc3c(F)cc(Br)cc3F)CC2)CC1. The van der Waals surface area contributed by atoms with Gasteiger partial charge in [0, 0.05) is 48.8 Å². The van der Waals surface area contributed by atoms with E-state index in [1.807, 2.05) is 20.8 Å². The summed E-state index contributed by atoms with van der Waals surface area (Å²) in [5, 5.41) is 0. The van der Waals surface area contributed by atoms with E-state index < -0.39 is 17.2 Å². The number of halogens is 3. The third-order valence-corrected chi connectivity index (χ3v) is 5.98. The Kier molecular flexibility index (Phi) is 7.17. The minimum absolute atomic E-state index is 0.137. The van der Waals surface area contributed by atoms with Crippen molar-refractivity contribution in [2.24, 2.45) is 0 Å². The monoisotopic (exact) mass is 473 g/mol. The predicted octanol–water partition coefficient (Wildman–Crippen LogP) is 4.24. The van der Waals surface area contributed by atoms with Gasteiger partial charge in [0.05, 0.1) is 0 Å². The molecule has 1 amide bonds. The molecule has 0 atom stereocenters. The lowest BCUT2D eigenvalue weighted by atomic mass is 10.0. The molecule has 2 saturated heterocycles. The molecule has 29 heavy (non-hydrogen) atoms. The van der Waals surface area contributed by atoms with Gasteiger partial charge in [0.15, 0.2) is 0 Å². The lowest BCUT2D eigenvalue weighted by Gasteiger charge is -2.42. The molecule has 1 aromatic rings. The summed E-state index contributed by atoms with van der Waals surface area (Å²) in [4.78, 5) is 18.5. The Morgan fingerprint density at radius 3 is 2.14 bits per heavy atom. The molecule has 2 heterocycles. The van der Waals surface area contributed by atoms with Crippen molar-refractivity contribution in [2.45, 2.75) is 51.8 Å². The maximum Gasteiger partial charge on any atom is 0.410 e. The molecule has 2 aliphatic rings. The Hall–Kier alpha value is -1.25. The molecule has 162 valence electrons. The van der Waals surface area contributed by atoms with Crippen LogP contribution in [0.1, 0.15) is 39.2 Å². The van der Waals surface area contributed by atoms with Gasteiger partial charge in [-0.1, -0.05) is 15.9 Å². The first kappa shape index (κ1) is 22.4. The van der Waals surface area contributed by atoms with E-state index in [0.717, 1.165) is 39.0 Å². The Balaban J connectivity index is 1.45. The van der Waals surface area contributed by atoms with Crippen LogP contribution in [0.3, 0.4) is 0 Å². The summed E-state index contributed by atoms with van der Waals surface area (Å²) in [6, 6.07) is 3.08. The van der Waals surface area contributed by atoms with E-state index in [0.29, 0.717) is 30.1 Å². The largest absolute Gasteiger partial charge is 0.444 e. The molecule has 0 unspecified atom stereocenters. The van der Waals surface area contributed by atoms with Crippen LogP contribution in [0.2, 0.25) is 0 Å². The van der Waals surface area contributed by atoms with Gasteiger partial charge >= 0.3 is 6.09 Å². The molecule has 0 bridgehead atoms. The maximum atomic E-state index is 14.1. The van der Waals surface area contributed by atoms with Crippen molar-refractivity contribution in [1.82, 2.24) is 14.7 Å². The number of ether oxygens (including phenoxy) is 1. The van der Waals surface area contributed by atoms with E-state index in [4.69, 9.17) is 4.74 Å². The van der Waals surface area contributed by atoms with Crippen molar-refractivity contribution < 1.29 is 18.3 Å². The van der Waals surface area contributed by atoms with E-state index in [2.05, 4.69) is 25.7 Å². The molecular formula is C21H30BrF2N3O2. The van der Waals surface area contributed by atoms with Crippen LogP contribution in [0.4, 0.5) is 13.6 Å². The zero-order valence-corrected chi connectivity index (χ0v) is 19.0. The average Bonchev–Trinajstić information content (AvgIpc) is 2.64. The Labute approximate surface area is 180 Å². The van der Waals surface area contributed by atoms with Crippen molar-refractivity contribution in [1.29, 1.82) is 0 Å². The van der Waals surface area contributed by atoms with E-state index in [1.54, 1.807) is 4.90 Å². The zero-order chi connectivity index (χ0) is 21.2. The number of carbonyl (C=O) groups is 1. The van der Waals surface area contributed by atoms with Crippen molar-refractivity contribution >= 4 is 22.0 Å². The van der Waals surface area contributed by atoms with Crippen molar-refractivity contribution in [2.75, 3.05) is 39.3 Å². The summed E-state index contributed by atoms with van der Waals surface area (Å²) >= 11 is 3.12. The summed E-state index contributed by atoms with van der Waals surface area (Å²) in [5.41, 5.74) is -0.341. The van der Waals surface area contributed by atoms with Gasteiger partial charge in [-0.3, -0.25) is 9.80 Å². The zero-order valence-electron chi connectivity index (χ0n) is 17.4. The number of piperidine rings is 1. The van der Waals surface area contributed by atoms with Crippen molar-refractivity contribution in [3.8, 4) is 0 Å². The van der Waals surface area contributed by atoms with Crippen LogP contribution in [0.5, 0.6) is 0 Å². The molecule has 3 rings (SSSR count). The lowest BCUT2D eigenvalue weighted by molar-refractivity contribution is 0.00551. The van der Waals surface area contributed by atoms with Gasteiger partial charge in [-0.25, -0.2) is 13.6 Å². The molecular weight excluding hydrogens is 444 g/mol. The van der Waals surface area contributed by atoms with E-state index in [-0.39, 0.29) is 11.7 Å². The third kappa shape index (κ3) is 6.12. The van der Waals surface area contributed by atoms with Gasteiger partial charge in [0.25, 0.3) is 0 Å². The van der Waals surface area contributed by atoms with E-state index in [1.165, 1.54) is 12.1 Å². The molecule has 0 spiro atoms. The van der Waals surface area contributed by atoms with Gasteiger partial charge < -0.3 is 9.64 Å². The average molecular weight is 474 g/mol. The van der Waals surface area contributed by atoms with Crippen LogP contribution >= 0.6 is 15.9 Å². The normalized spacial score (nSPS) is 20.1. The summed E-state index contributed by atoms with van der Waals surface area (Å²) in [5.74, 6) is -1.01. The van der Waals surface area contributed by atoms with Crippen LogP contribution in [0.25, 0.3) is 0 Å². The highest BCUT2D eigenvalue weighted by atomic mass is 79.9. The molecule has 8 heteroatoms. The topological polar surface area (TPSA) is 36.0 Å². The van der Waals surface area contributed by atoms with Gasteiger partial charge in [-0.15, -0.1) is 0 Å². The molecule has 0 saturated carbocycles. The number of hydrogen-bond acceptors (Lipinski definition) is 4. The second-order valence-corrected chi connectivity index (χ2v) is 9.77. The van der Waals surface area contributed by atoms with Crippen LogP contribution in [-0.2, 0) is 11.3 Å². The number of piperazine rings is 1. The van der Waals surface area contributed by atoms with Gasteiger partial charge in [0.1, 0.15) is 17.2 Å². The van der Waals surface area contributed by atoms with Crippen LogP contribution in [0.15, 0.2) is 16.6 Å². The first-order chi connectivity index (χ1) is 13.6. The van der Waals surface area contributed by atoms with Crippen LogP contribution in [0, 0.1) is 11.6 Å². The predicted molar refractivity (Wildman–Crippen MR) is 112 cm³/mol. The molecule has 0 aliphatic carbocycles. The third-order valence-electron chi connectivity index (χ3n) is 5.53. The standard InChI is InChI=1S/C21H30BrF2N3O2/c1-21(2,3)29-20(28)27-10-8-26(9-11-27)16-4-6-25(7-5-16)14-17-18(23)12-15(22)13-19(17)24/h12-13,16H,4-11,14H2,1-3H3. The minimum Gasteiger partial charge on any atom is -0.444 e. The number of likely N-dealkylation sites (tertiary alicyclic amines) is 1. The first-order valence-electron chi connectivity index (χ1n) is 10.2. The summed E-state index contributed by atoms with van der Waals surface area (Å²) in [7, 11) is 0. The number of nitrogens with zero attached hydrogens (tertiary/aromatic N) is 3. The number of benzene rings is 1. The molecule has 2 aliphatic heterocycles. The molecule has 2 fully saturated rings. The highest BCUT2D eigenvalue weighted by Crippen LogP contribution is 2.24. The smallest absolute Gasteiger partial charge is 0.410 e. The number of carbonyl (C=O) groups excluding carboxylic acids is 1. The number of rotatable bonds is 3. The number of hydrogen-bond donors (Lipinski definition) is 0. The molecule has 1 aromatic carbocycles. The van der Waals surface area contributed by atoms with Crippen molar-refractivity contribution in [3.63, 3.8) is 0 Å². The molecule has 0 aromatic heterocycles. The van der Waals surface area contributed by atoms with Gasteiger partial charge in [-0.05, 0) is 58.8 Å². The van der Waals surface area contributed by atoms with E-state index >= 15 is 0 Å². The summed E-state index contributed by atoms with van der Waals surface area (Å²) < 4.78 is 34.1. The Bertz CT molecular complexity index is 702. The second kappa shape index (κ2) is 9.27. The summed E-state index contributed by atoms with van der Waals surface area (Å²) in [6.07, 6.45) is 1.68. The quantitative estimate of drug-likeness (QED) is 0.657. The lowest BCUT2D eigenvalue weighted by Crippen LogP contribution is -2.54. The van der Waals surface area contributed by atoms with Gasteiger partial charge in [0.2, 0.25) is 0 Å². The molecule has 0 N–H and O–H groups in total. The van der Waals surface area contributed by atoms with Gasteiger partial charge in [-0.2, -0.15) is 0 Å². The second-order valence-electron chi connectivity index (χ2n) is 8.86. The fourth-order valence-corrected chi connectivity index (χ4v) is 4.39. The fourth-order valence-electron chi connectivity index (χ4n) is 3.99. The van der Waals surface area contributed by atoms with Crippen molar-refractivity contribution in [3.05, 3.63) is 33.8 Å². The maximum absolute atomic E-state index is 14.1. The number of amides is 1. The fraction of sp³-hybridized carbons (Fsp3) is 0.667. The Morgan fingerprint density at radius 1 is 1.07 bits per heavy atom. The van der Waals surface area contributed by atoms with Crippen LogP contribution < -0.4 is 0 Å². The molecule has 0 radical (unpaired) electrons. The van der Waals surface area contributed by atoms with Crippen LogP contribution in [-0.4, -0.2) is 71.7 Å². The molecule has 5 nitrogen and oxygen atoms in total.